The highest BCUT2D eigenvalue weighted by molar-refractivity contribution is 7.12. The summed E-state index contributed by atoms with van der Waals surface area (Å²) in [4.78, 5) is 2.98. The van der Waals surface area contributed by atoms with E-state index in [-0.39, 0.29) is 0 Å². The molecule has 2 aromatic heterocycles. The topological polar surface area (TPSA) is 12.0 Å². The molecule has 2 heterocycles. The van der Waals surface area contributed by atoms with Crippen LogP contribution in [0.5, 0.6) is 0 Å². The number of hydrogen-bond acceptors (Lipinski definition) is 3. The fraction of sp³-hybridized carbons (Fsp3) is 0.467. The highest BCUT2D eigenvalue weighted by atomic mass is 32.1. The van der Waals surface area contributed by atoms with Crippen molar-refractivity contribution in [1.29, 1.82) is 0 Å². The van der Waals surface area contributed by atoms with E-state index >= 15 is 0 Å². The van der Waals surface area contributed by atoms with Crippen molar-refractivity contribution in [2.45, 2.75) is 39.2 Å². The SMILES string of the molecule is CCNC(CCc1ccsc1)c1ccc(CC)s1. The molecule has 3 heteroatoms. The molecular formula is C15H21NS2. The Morgan fingerprint density at radius 1 is 1.22 bits per heavy atom. The zero-order chi connectivity index (χ0) is 12.8. The molecule has 0 radical (unpaired) electrons. The molecule has 2 rings (SSSR count). The van der Waals surface area contributed by atoms with Gasteiger partial charge in [-0.2, -0.15) is 11.3 Å². The molecule has 2 aromatic rings. The van der Waals surface area contributed by atoms with Crippen molar-refractivity contribution in [3.63, 3.8) is 0 Å². The van der Waals surface area contributed by atoms with Gasteiger partial charge in [0.1, 0.15) is 0 Å². The van der Waals surface area contributed by atoms with Gasteiger partial charge in [0.2, 0.25) is 0 Å². The average Bonchev–Trinajstić information content (AvgIpc) is 3.05. The van der Waals surface area contributed by atoms with Gasteiger partial charge in [0.15, 0.2) is 0 Å². The number of rotatable bonds is 7. The van der Waals surface area contributed by atoms with E-state index in [0.29, 0.717) is 6.04 Å². The predicted molar refractivity (Wildman–Crippen MR) is 82.8 cm³/mol. The molecule has 0 aromatic carbocycles. The summed E-state index contributed by atoms with van der Waals surface area (Å²) >= 11 is 3.75. The van der Waals surface area contributed by atoms with Crippen molar-refractivity contribution < 1.29 is 0 Å². The molecule has 18 heavy (non-hydrogen) atoms. The Hall–Kier alpha value is -0.640. The van der Waals surface area contributed by atoms with Gasteiger partial charge in [-0.05, 0) is 60.3 Å². The van der Waals surface area contributed by atoms with Crippen LogP contribution in [0.15, 0.2) is 29.0 Å². The summed E-state index contributed by atoms with van der Waals surface area (Å²) in [5.74, 6) is 0. The molecule has 1 nitrogen and oxygen atoms in total. The lowest BCUT2D eigenvalue weighted by Crippen LogP contribution is -2.20. The number of hydrogen-bond donors (Lipinski definition) is 1. The first-order chi connectivity index (χ1) is 8.83. The van der Waals surface area contributed by atoms with Gasteiger partial charge in [0.05, 0.1) is 0 Å². The highest BCUT2D eigenvalue weighted by Gasteiger charge is 2.12. The quantitative estimate of drug-likeness (QED) is 0.777. The van der Waals surface area contributed by atoms with E-state index < -0.39 is 0 Å². The van der Waals surface area contributed by atoms with Crippen LogP contribution in [0.3, 0.4) is 0 Å². The second-order valence-corrected chi connectivity index (χ2v) is 6.42. The van der Waals surface area contributed by atoms with Crippen molar-refractivity contribution in [1.82, 2.24) is 5.32 Å². The molecule has 1 atom stereocenters. The Labute approximate surface area is 118 Å². The van der Waals surface area contributed by atoms with E-state index in [9.17, 15) is 0 Å². The van der Waals surface area contributed by atoms with Gasteiger partial charge in [-0.1, -0.05) is 13.8 Å². The maximum Gasteiger partial charge on any atom is 0.0417 e. The van der Waals surface area contributed by atoms with Crippen LogP contribution in [0.4, 0.5) is 0 Å². The minimum atomic E-state index is 0.514. The van der Waals surface area contributed by atoms with Crippen LogP contribution in [-0.4, -0.2) is 6.54 Å². The standard InChI is InChI=1S/C15H21NS2/c1-3-13-6-8-15(18-13)14(16-4-2)7-5-12-9-10-17-11-12/h6,8-11,14,16H,3-5,7H2,1-2H3. The highest BCUT2D eigenvalue weighted by Crippen LogP contribution is 2.27. The molecule has 1 N–H and O–H groups in total. The van der Waals surface area contributed by atoms with Gasteiger partial charge in [-0.15, -0.1) is 11.3 Å². The van der Waals surface area contributed by atoms with Crippen LogP contribution in [0.1, 0.15) is 41.6 Å². The molecule has 0 fully saturated rings. The summed E-state index contributed by atoms with van der Waals surface area (Å²) in [6, 6.07) is 7.32. The lowest BCUT2D eigenvalue weighted by Gasteiger charge is -2.16. The Bertz CT molecular complexity index is 445. The van der Waals surface area contributed by atoms with E-state index in [1.807, 2.05) is 11.3 Å². The lowest BCUT2D eigenvalue weighted by atomic mass is 10.1. The van der Waals surface area contributed by atoms with Crippen LogP contribution in [0.25, 0.3) is 0 Å². The van der Waals surface area contributed by atoms with Crippen LogP contribution in [-0.2, 0) is 12.8 Å². The minimum Gasteiger partial charge on any atom is -0.310 e. The first-order valence-corrected chi connectivity index (χ1v) is 8.42. The molecule has 0 aliphatic heterocycles. The summed E-state index contributed by atoms with van der Waals surface area (Å²) in [6.45, 7) is 5.45. The van der Waals surface area contributed by atoms with Gasteiger partial charge >= 0.3 is 0 Å². The number of nitrogens with one attached hydrogen (secondary N) is 1. The van der Waals surface area contributed by atoms with Crippen LogP contribution in [0, 0.1) is 0 Å². The van der Waals surface area contributed by atoms with E-state index in [4.69, 9.17) is 0 Å². The van der Waals surface area contributed by atoms with Gasteiger partial charge in [0.25, 0.3) is 0 Å². The molecule has 0 saturated carbocycles. The molecule has 0 aliphatic carbocycles. The van der Waals surface area contributed by atoms with E-state index in [2.05, 4.69) is 48.1 Å². The second kappa shape index (κ2) is 7.07. The van der Waals surface area contributed by atoms with Crippen LogP contribution < -0.4 is 5.32 Å². The summed E-state index contributed by atoms with van der Waals surface area (Å²) in [5.41, 5.74) is 1.47. The van der Waals surface area contributed by atoms with Gasteiger partial charge in [-0.25, -0.2) is 0 Å². The molecular weight excluding hydrogens is 258 g/mol. The molecule has 0 saturated heterocycles. The largest absolute Gasteiger partial charge is 0.310 e. The molecule has 0 aliphatic rings. The molecule has 98 valence electrons. The summed E-state index contributed by atoms with van der Waals surface area (Å²) in [5, 5.41) is 8.04. The van der Waals surface area contributed by atoms with Crippen molar-refractivity contribution >= 4 is 22.7 Å². The fourth-order valence-electron chi connectivity index (χ4n) is 2.11. The number of thiophene rings is 2. The second-order valence-electron chi connectivity index (χ2n) is 4.44. The average molecular weight is 279 g/mol. The van der Waals surface area contributed by atoms with E-state index in [1.165, 1.54) is 28.2 Å². The van der Waals surface area contributed by atoms with Crippen LogP contribution in [0.2, 0.25) is 0 Å². The van der Waals surface area contributed by atoms with Crippen molar-refractivity contribution in [3.8, 4) is 0 Å². The molecule has 0 amide bonds. The Morgan fingerprint density at radius 3 is 2.72 bits per heavy atom. The summed E-state index contributed by atoms with van der Waals surface area (Å²) in [7, 11) is 0. The number of aryl methyl sites for hydroxylation is 2. The van der Waals surface area contributed by atoms with Gasteiger partial charge in [-0.3, -0.25) is 0 Å². The van der Waals surface area contributed by atoms with Crippen LogP contribution >= 0.6 is 22.7 Å². The summed E-state index contributed by atoms with van der Waals surface area (Å²) in [6.07, 6.45) is 3.50. The first-order valence-electron chi connectivity index (χ1n) is 6.66. The Balaban J connectivity index is 1.98. The monoisotopic (exact) mass is 279 g/mol. The first kappa shape index (κ1) is 13.8. The molecule has 1 unspecified atom stereocenters. The maximum absolute atomic E-state index is 3.61. The Kier molecular flexibility index (Phi) is 5.42. The van der Waals surface area contributed by atoms with E-state index in [1.54, 1.807) is 11.3 Å². The fourth-order valence-corrected chi connectivity index (χ4v) is 3.87. The zero-order valence-electron chi connectivity index (χ0n) is 11.1. The van der Waals surface area contributed by atoms with E-state index in [0.717, 1.165) is 13.0 Å². The smallest absolute Gasteiger partial charge is 0.0417 e. The van der Waals surface area contributed by atoms with Crippen molar-refractivity contribution in [2.24, 2.45) is 0 Å². The third-order valence-electron chi connectivity index (χ3n) is 3.13. The normalized spacial score (nSPS) is 12.8. The zero-order valence-corrected chi connectivity index (χ0v) is 12.7. The van der Waals surface area contributed by atoms with Crippen molar-refractivity contribution in [3.05, 3.63) is 44.3 Å². The summed E-state index contributed by atoms with van der Waals surface area (Å²) < 4.78 is 0. The third-order valence-corrected chi connectivity index (χ3v) is 5.20. The maximum atomic E-state index is 3.61. The molecule has 0 bridgehead atoms. The van der Waals surface area contributed by atoms with Gasteiger partial charge < -0.3 is 5.32 Å². The third kappa shape index (κ3) is 3.67. The van der Waals surface area contributed by atoms with Crippen molar-refractivity contribution in [2.75, 3.05) is 6.54 Å². The Morgan fingerprint density at radius 2 is 2.11 bits per heavy atom. The predicted octanol–water partition coefficient (Wildman–Crippen LogP) is 4.66. The minimum absolute atomic E-state index is 0.514. The lowest BCUT2D eigenvalue weighted by molar-refractivity contribution is 0.523. The van der Waals surface area contributed by atoms with Gasteiger partial charge in [0, 0.05) is 15.8 Å². The molecule has 0 spiro atoms.